The van der Waals surface area contributed by atoms with E-state index in [2.05, 4.69) is 26.2 Å². The van der Waals surface area contributed by atoms with Gasteiger partial charge in [-0.1, -0.05) is 13.3 Å². The lowest BCUT2D eigenvalue weighted by Gasteiger charge is -1.91. The fourth-order valence-corrected chi connectivity index (χ4v) is 0.329. The summed E-state index contributed by atoms with van der Waals surface area (Å²) < 4.78 is 0. The van der Waals surface area contributed by atoms with Gasteiger partial charge in [-0.3, -0.25) is 0 Å². The molecule has 0 fully saturated rings. The molecule has 0 aliphatic rings. The molecule has 0 saturated heterocycles. The van der Waals surface area contributed by atoms with Gasteiger partial charge in [-0.2, -0.15) is 0 Å². The van der Waals surface area contributed by atoms with Crippen LogP contribution >= 0.6 is 0 Å². The molecule has 1 heteroatoms. The summed E-state index contributed by atoms with van der Waals surface area (Å²) in [5.74, 6) is 0. The van der Waals surface area contributed by atoms with E-state index in [-0.39, 0.29) is 0 Å². The van der Waals surface area contributed by atoms with E-state index in [1.165, 1.54) is 6.61 Å². The van der Waals surface area contributed by atoms with Gasteiger partial charge in [-0.15, -0.1) is 0 Å². The Morgan fingerprint density at radius 1 is 1.44 bits per heavy atom. The highest BCUT2D eigenvalue weighted by Crippen LogP contribution is 2.00. The first-order valence-electron chi connectivity index (χ1n) is 2.86. The van der Waals surface area contributed by atoms with Crippen molar-refractivity contribution in [3.05, 3.63) is 32.3 Å². The molecule has 0 heterocycles. The van der Waals surface area contributed by atoms with Crippen molar-refractivity contribution in [3.63, 3.8) is 0 Å². The van der Waals surface area contributed by atoms with Crippen LogP contribution in [0.15, 0.2) is 0 Å². The lowest BCUT2D eigenvalue weighted by Crippen LogP contribution is -1.81. The van der Waals surface area contributed by atoms with Crippen LogP contribution in [0.5, 0.6) is 0 Å². The smallest absolute Gasteiger partial charge is 0.182 e. The van der Waals surface area contributed by atoms with Crippen molar-refractivity contribution in [2.45, 2.75) is 19.8 Å². The Morgan fingerprint density at radius 3 is 2.78 bits per heavy atom. The highest BCUT2D eigenvalue weighted by molar-refractivity contribution is 5.05. The first kappa shape index (κ1) is 8.96. The molecule has 0 aromatic rings. The SMILES string of the molecule is CCC[CH][C][C][C][C][O]. The fraction of sp³-hybridized carbons (Fsp3) is 0.375. The van der Waals surface area contributed by atoms with E-state index in [9.17, 15) is 5.11 Å². The Bertz CT molecular complexity index is 37.8. The summed E-state index contributed by atoms with van der Waals surface area (Å²) in [6, 6.07) is 0. The van der Waals surface area contributed by atoms with Crippen LogP contribution in [0.1, 0.15) is 19.8 Å². The van der Waals surface area contributed by atoms with E-state index in [4.69, 9.17) is 0 Å². The predicted octanol–water partition coefficient (Wildman–Crippen LogP) is 1.70. The summed E-state index contributed by atoms with van der Waals surface area (Å²) in [4.78, 5) is 0. The number of rotatable bonds is 6. The van der Waals surface area contributed by atoms with Crippen molar-refractivity contribution in [2.24, 2.45) is 0 Å². The van der Waals surface area contributed by atoms with E-state index in [1.807, 2.05) is 6.42 Å². The number of hydrogen-bond acceptors (Lipinski definition) is 0. The van der Waals surface area contributed by atoms with Gasteiger partial charge in [0.1, 0.15) is 0 Å². The van der Waals surface area contributed by atoms with Crippen LogP contribution in [0, 0.1) is 32.3 Å². The summed E-state index contributed by atoms with van der Waals surface area (Å²) in [6.45, 7) is 3.52. The molecule has 0 aliphatic carbocycles. The van der Waals surface area contributed by atoms with Crippen LogP contribution in [-0.2, 0) is 5.11 Å². The van der Waals surface area contributed by atoms with Gasteiger partial charge in [-0.25, -0.2) is 5.11 Å². The molecular weight excluding hydrogens is 112 g/mol. The molecule has 0 spiro atoms. The van der Waals surface area contributed by atoms with E-state index in [1.54, 1.807) is 0 Å². The lowest BCUT2D eigenvalue weighted by atomic mass is 10.1. The van der Waals surface area contributed by atoms with Crippen molar-refractivity contribution >= 4 is 0 Å². The van der Waals surface area contributed by atoms with Crippen molar-refractivity contribution in [3.8, 4) is 0 Å². The fourth-order valence-electron chi connectivity index (χ4n) is 0.329. The molecule has 0 rings (SSSR count). The molecule has 0 aromatic carbocycles. The van der Waals surface area contributed by atoms with Crippen molar-refractivity contribution in [1.82, 2.24) is 0 Å². The largest absolute Gasteiger partial charge is 0.222 e. The second kappa shape index (κ2) is 7.96. The Hall–Kier alpha value is -0.0400. The molecule has 0 saturated carbocycles. The van der Waals surface area contributed by atoms with Gasteiger partial charge in [0.05, 0.1) is 0 Å². The minimum absolute atomic E-state index is 0.966. The normalized spacial score (nSPS) is 10.0. The Kier molecular flexibility index (Phi) is 7.92. The first-order valence-corrected chi connectivity index (χ1v) is 2.86. The molecule has 9 heavy (non-hydrogen) atoms. The maximum atomic E-state index is 9.49. The summed E-state index contributed by atoms with van der Waals surface area (Å²) >= 11 is 0. The van der Waals surface area contributed by atoms with E-state index in [0.29, 0.717) is 0 Å². The quantitative estimate of drug-likeness (QED) is 0.475. The van der Waals surface area contributed by atoms with E-state index >= 15 is 0 Å². The summed E-state index contributed by atoms with van der Waals surface area (Å²) in [6.07, 6.45) is 11.0. The average Bonchev–Trinajstić information content (AvgIpc) is 1.89. The maximum absolute atomic E-state index is 9.49. The zero-order chi connectivity index (χ0) is 6.95. The van der Waals surface area contributed by atoms with Crippen LogP contribution in [0.2, 0.25) is 0 Å². The van der Waals surface area contributed by atoms with E-state index < -0.39 is 0 Å². The monoisotopic (exact) mass is 120 g/mol. The molecule has 0 amide bonds. The minimum Gasteiger partial charge on any atom is -0.222 e. The average molecular weight is 120 g/mol. The molecule has 0 aliphatic heterocycles. The highest BCUT2D eigenvalue weighted by atomic mass is 16.2. The first-order chi connectivity index (χ1) is 4.41. The molecule has 0 N–H and O–H groups in total. The van der Waals surface area contributed by atoms with Gasteiger partial charge in [0, 0.05) is 12.8 Å². The lowest BCUT2D eigenvalue weighted by molar-refractivity contribution is 0.296. The molecular formula is C8H8O. The molecule has 0 unspecified atom stereocenters. The standard InChI is InChI=1S/C8H8O/c1-2-3-4-5-6-7-8-9/h4H,2-3H2,1H3. The second-order valence-corrected chi connectivity index (χ2v) is 1.49. The summed E-state index contributed by atoms with van der Waals surface area (Å²) in [5.41, 5.74) is 0. The minimum atomic E-state index is 0.966. The molecule has 10 radical (unpaired) electrons. The third-order valence-electron chi connectivity index (χ3n) is 0.721. The van der Waals surface area contributed by atoms with Gasteiger partial charge in [0.2, 0.25) is 0 Å². The highest BCUT2D eigenvalue weighted by Gasteiger charge is 1.91. The third-order valence-corrected chi connectivity index (χ3v) is 0.721. The zero-order valence-corrected chi connectivity index (χ0v) is 5.40. The molecule has 0 bridgehead atoms. The van der Waals surface area contributed by atoms with Crippen LogP contribution in [0.25, 0.3) is 0 Å². The van der Waals surface area contributed by atoms with Crippen LogP contribution in [0.4, 0.5) is 0 Å². The third kappa shape index (κ3) is 7.96. The topological polar surface area (TPSA) is 19.9 Å². The zero-order valence-electron chi connectivity index (χ0n) is 5.40. The van der Waals surface area contributed by atoms with Crippen molar-refractivity contribution < 1.29 is 5.11 Å². The van der Waals surface area contributed by atoms with Crippen molar-refractivity contribution in [1.29, 1.82) is 0 Å². The Morgan fingerprint density at radius 2 is 2.22 bits per heavy atom. The summed E-state index contributed by atoms with van der Waals surface area (Å²) in [7, 11) is 0. The van der Waals surface area contributed by atoms with Gasteiger partial charge in [0.25, 0.3) is 0 Å². The Balaban J connectivity index is 2.60. The molecule has 0 atom stereocenters. The second-order valence-electron chi connectivity index (χ2n) is 1.49. The van der Waals surface area contributed by atoms with Crippen LogP contribution < -0.4 is 0 Å². The predicted molar refractivity (Wildman–Crippen MR) is 32.9 cm³/mol. The number of hydrogen-bond donors (Lipinski definition) is 0. The van der Waals surface area contributed by atoms with Gasteiger partial charge in [-0.05, 0) is 19.3 Å². The van der Waals surface area contributed by atoms with Gasteiger partial charge < -0.3 is 0 Å². The molecule has 1 nitrogen and oxygen atoms in total. The maximum Gasteiger partial charge on any atom is 0.182 e. The van der Waals surface area contributed by atoms with Crippen molar-refractivity contribution in [2.75, 3.05) is 0 Å². The van der Waals surface area contributed by atoms with Crippen LogP contribution in [0.3, 0.4) is 0 Å². The molecule has 46 valence electrons. The summed E-state index contributed by atoms with van der Waals surface area (Å²) in [5, 5.41) is 9.49. The van der Waals surface area contributed by atoms with Gasteiger partial charge >= 0.3 is 0 Å². The Labute approximate surface area is 58.1 Å². The number of unbranched alkanes of at least 4 members (excludes halogenated alkanes) is 5. The molecule has 0 aromatic heterocycles. The van der Waals surface area contributed by atoms with Gasteiger partial charge in [0.15, 0.2) is 6.61 Å². The van der Waals surface area contributed by atoms with E-state index in [0.717, 1.165) is 12.8 Å². The van der Waals surface area contributed by atoms with Crippen LogP contribution in [-0.4, -0.2) is 0 Å².